The number of ether oxygens (including phenoxy) is 1. The molecule has 0 aliphatic heterocycles. The summed E-state index contributed by atoms with van der Waals surface area (Å²) in [5, 5.41) is 0. The quantitative estimate of drug-likeness (QED) is 0.336. The van der Waals surface area contributed by atoms with E-state index in [1.807, 2.05) is 18.2 Å². The number of allylic oxidation sites excluding steroid dienone is 2. The van der Waals surface area contributed by atoms with Gasteiger partial charge < -0.3 is 4.74 Å². The Labute approximate surface area is 179 Å². The highest BCUT2D eigenvalue weighted by Gasteiger charge is 2.37. The maximum Gasteiger partial charge on any atom is 0.417 e. The van der Waals surface area contributed by atoms with Gasteiger partial charge in [0.05, 0.1) is 11.1 Å². The number of ketones is 1. The molecule has 6 heteroatoms. The van der Waals surface area contributed by atoms with Crippen LogP contribution < -0.4 is 0 Å². The third kappa shape index (κ3) is 6.29. The van der Waals surface area contributed by atoms with Gasteiger partial charge in [-0.2, -0.15) is 13.2 Å². The zero-order valence-electron chi connectivity index (χ0n) is 17.2. The number of hydrogen-bond donors (Lipinski definition) is 0. The number of unbranched alkanes of at least 4 members (excludes halogenated alkanes) is 3. The van der Waals surface area contributed by atoms with E-state index >= 15 is 0 Å². The summed E-state index contributed by atoms with van der Waals surface area (Å²) in [7, 11) is 0. The molecule has 0 radical (unpaired) electrons. The maximum atomic E-state index is 13.4. The van der Waals surface area contributed by atoms with Crippen molar-refractivity contribution in [3.63, 3.8) is 0 Å². The van der Waals surface area contributed by atoms with Crippen LogP contribution in [0.5, 0.6) is 0 Å². The molecule has 0 bridgehead atoms. The van der Waals surface area contributed by atoms with Gasteiger partial charge in [0.25, 0.3) is 0 Å². The molecule has 2 aromatic rings. The van der Waals surface area contributed by atoms with Crippen molar-refractivity contribution in [1.82, 2.24) is 0 Å². The maximum absolute atomic E-state index is 13.4. The lowest BCUT2D eigenvalue weighted by Gasteiger charge is -2.14. The first-order valence-electron chi connectivity index (χ1n) is 10.5. The van der Waals surface area contributed by atoms with Crippen LogP contribution in [0.15, 0.2) is 60.4 Å². The second-order valence-corrected chi connectivity index (χ2v) is 7.64. The van der Waals surface area contributed by atoms with Gasteiger partial charge in [-0.25, -0.2) is 0 Å². The molecular weight excluding hydrogens is 405 g/mol. The van der Waals surface area contributed by atoms with Crippen molar-refractivity contribution < 1.29 is 27.5 Å². The molecule has 0 saturated carbocycles. The molecular formula is C25H25F3O3. The SMILES string of the molecule is O=C(CCCCCCc1ccccc1)OC1=C(c2ccccc2C(F)(F)F)C(=O)CC1. The van der Waals surface area contributed by atoms with E-state index < -0.39 is 23.5 Å². The average Bonchev–Trinajstić information content (AvgIpc) is 3.10. The van der Waals surface area contributed by atoms with Crippen molar-refractivity contribution in [2.24, 2.45) is 0 Å². The van der Waals surface area contributed by atoms with Crippen LogP contribution in [0.4, 0.5) is 13.2 Å². The number of halogens is 3. The monoisotopic (exact) mass is 430 g/mol. The first-order chi connectivity index (χ1) is 14.9. The van der Waals surface area contributed by atoms with Gasteiger partial charge in [-0.15, -0.1) is 0 Å². The summed E-state index contributed by atoms with van der Waals surface area (Å²) in [6.07, 6.45) is 0.269. The Kier molecular flexibility index (Phi) is 7.66. The van der Waals surface area contributed by atoms with E-state index in [0.717, 1.165) is 31.7 Å². The molecule has 0 heterocycles. The third-order valence-electron chi connectivity index (χ3n) is 5.31. The molecule has 0 atom stereocenters. The van der Waals surface area contributed by atoms with Crippen molar-refractivity contribution in [2.45, 2.75) is 57.5 Å². The molecule has 0 N–H and O–H groups in total. The highest BCUT2D eigenvalue weighted by Crippen LogP contribution is 2.39. The van der Waals surface area contributed by atoms with Gasteiger partial charge >= 0.3 is 12.1 Å². The van der Waals surface area contributed by atoms with Crippen LogP contribution in [0.25, 0.3) is 5.57 Å². The number of carbonyl (C=O) groups is 2. The van der Waals surface area contributed by atoms with Crippen molar-refractivity contribution in [3.05, 3.63) is 77.0 Å². The lowest BCUT2D eigenvalue weighted by molar-refractivity contribution is -0.139. The molecule has 1 aliphatic carbocycles. The Balaban J connectivity index is 1.54. The molecule has 3 nitrogen and oxygen atoms in total. The Morgan fingerprint density at radius 3 is 2.29 bits per heavy atom. The third-order valence-corrected chi connectivity index (χ3v) is 5.31. The molecule has 0 aromatic heterocycles. The summed E-state index contributed by atoms with van der Waals surface area (Å²) < 4.78 is 45.4. The van der Waals surface area contributed by atoms with Crippen molar-refractivity contribution in [1.29, 1.82) is 0 Å². The summed E-state index contributed by atoms with van der Waals surface area (Å²) in [5.41, 5.74) is 0.0454. The van der Waals surface area contributed by atoms with Crippen LogP contribution in [0, 0.1) is 0 Å². The summed E-state index contributed by atoms with van der Waals surface area (Å²) in [6, 6.07) is 15.1. The van der Waals surface area contributed by atoms with E-state index in [1.54, 1.807) is 0 Å². The minimum atomic E-state index is -4.60. The van der Waals surface area contributed by atoms with Crippen molar-refractivity contribution in [3.8, 4) is 0 Å². The van der Waals surface area contributed by atoms with E-state index in [1.165, 1.54) is 23.8 Å². The average molecular weight is 430 g/mol. The summed E-state index contributed by atoms with van der Waals surface area (Å²) in [6.45, 7) is 0. The van der Waals surface area contributed by atoms with Crippen LogP contribution in [0.2, 0.25) is 0 Å². The Morgan fingerprint density at radius 2 is 1.55 bits per heavy atom. The van der Waals surface area contributed by atoms with Crippen molar-refractivity contribution in [2.75, 3.05) is 0 Å². The Morgan fingerprint density at radius 1 is 0.871 bits per heavy atom. The molecule has 0 fully saturated rings. The number of carbonyl (C=O) groups excluding carboxylic acids is 2. The van der Waals surface area contributed by atoms with E-state index in [0.29, 0.717) is 6.42 Å². The van der Waals surface area contributed by atoms with E-state index in [-0.39, 0.29) is 36.2 Å². The van der Waals surface area contributed by atoms with Crippen molar-refractivity contribution >= 4 is 17.3 Å². The molecule has 164 valence electrons. The predicted molar refractivity (Wildman–Crippen MR) is 112 cm³/mol. The first-order valence-corrected chi connectivity index (χ1v) is 10.5. The van der Waals surface area contributed by atoms with Crippen LogP contribution in [0.3, 0.4) is 0 Å². The largest absolute Gasteiger partial charge is 0.430 e. The van der Waals surface area contributed by atoms with Gasteiger partial charge in [0.2, 0.25) is 0 Å². The predicted octanol–water partition coefficient (Wildman–Crippen LogP) is 6.52. The normalized spacial score (nSPS) is 14.2. The smallest absolute Gasteiger partial charge is 0.417 e. The molecule has 0 unspecified atom stereocenters. The van der Waals surface area contributed by atoms with Crippen LogP contribution in [-0.4, -0.2) is 11.8 Å². The van der Waals surface area contributed by atoms with Crippen LogP contribution >= 0.6 is 0 Å². The molecule has 0 saturated heterocycles. The lowest BCUT2D eigenvalue weighted by atomic mass is 9.98. The molecule has 31 heavy (non-hydrogen) atoms. The zero-order chi connectivity index (χ0) is 22.3. The summed E-state index contributed by atoms with van der Waals surface area (Å²) in [4.78, 5) is 24.5. The minimum absolute atomic E-state index is 0.0453. The number of esters is 1. The Hall–Kier alpha value is -2.89. The second-order valence-electron chi connectivity index (χ2n) is 7.64. The Bertz CT molecular complexity index is 946. The second kappa shape index (κ2) is 10.4. The highest BCUT2D eigenvalue weighted by molar-refractivity contribution is 6.24. The molecule has 0 amide bonds. The van der Waals surface area contributed by atoms with Gasteiger partial charge in [0.15, 0.2) is 5.78 Å². The van der Waals surface area contributed by atoms with Gasteiger partial charge in [-0.3, -0.25) is 9.59 Å². The fourth-order valence-electron chi connectivity index (χ4n) is 3.77. The highest BCUT2D eigenvalue weighted by atomic mass is 19.4. The van der Waals surface area contributed by atoms with E-state index in [2.05, 4.69) is 12.1 Å². The van der Waals surface area contributed by atoms with E-state index in [4.69, 9.17) is 4.74 Å². The molecule has 2 aromatic carbocycles. The van der Waals surface area contributed by atoms with E-state index in [9.17, 15) is 22.8 Å². The number of rotatable bonds is 9. The summed E-state index contributed by atoms with van der Waals surface area (Å²) in [5.74, 6) is -0.883. The van der Waals surface area contributed by atoms with Gasteiger partial charge in [0, 0.05) is 24.8 Å². The number of benzene rings is 2. The fraction of sp³-hybridized carbons (Fsp3) is 0.360. The van der Waals surface area contributed by atoms with Gasteiger partial charge in [-0.1, -0.05) is 61.4 Å². The fourth-order valence-corrected chi connectivity index (χ4v) is 3.77. The summed E-state index contributed by atoms with van der Waals surface area (Å²) >= 11 is 0. The standard InChI is InChI=1S/C25H25F3O3/c26-25(27,28)20-14-9-8-13-19(20)24-21(29)16-17-22(24)31-23(30)15-7-2-1-4-10-18-11-5-3-6-12-18/h3,5-6,8-9,11-14H,1-2,4,7,10,15-17H2. The topological polar surface area (TPSA) is 43.4 Å². The number of Topliss-reactive ketones (excluding diaryl/α,β-unsaturated/α-hetero) is 1. The number of hydrogen-bond acceptors (Lipinski definition) is 3. The molecule has 1 aliphatic rings. The molecule has 3 rings (SSSR count). The number of aryl methyl sites for hydroxylation is 1. The van der Waals surface area contributed by atoms with Gasteiger partial charge in [0.1, 0.15) is 5.76 Å². The first kappa shape index (κ1) is 22.8. The van der Waals surface area contributed by atoms with Gasteiger partial charge in [-0.05, 0) is 30.9 Å². The van der Waals surface area contributed by atoms with Crippen LogP contribution in [-0.2, 0) is 26.9 Å². The molecule has 0 spiro atoms. The zero-order valence-corrected chi connectivity index (χ0v) is 17.2. The lowest BCUT2D eigenvalue weighted by Crippen LogP contribution is -2.11. The number of alkyl halides is 3. The van der Waals surface area contributed by atoms with Crippen LogP contribution in [0.1, 0.15) is 61.6 Å². The minimum Gasteiger partial charge on any atom is -0.430 e.